The van der Waals surface area contributed by atoms with Gasteiger partial charge in [0.15, 0.2) is 0 Å². The van der Waals surface area contributed by atoms with Crippen LogP contribution in [0.4, 0.5) is 5.69 Å². The summed E-state index contributed by atoms with van der Waals surface area (Å²) in [6, 6.07) is 9.71. The van der Waals surface area contributed by atoms with E-state index in [2.05, 4.69) is 0 Å². The fraction of sp³-hybridized carbons (Fsp3) is 0.455. The quantitative estimate of drug-likeness (QED) is 0.694. The summed E-state index contributed by atoms with van der Waals surface area (Å²) in [6.07, 6.45) is -0.227. The molecule has 0 saturated heterocycles. The first kappa shape index (κ1) is 11.0. The Labute approximate surface area is 84.6 Å². The number of aliphatic hydroxyl groups excluding tert-OH is 2. The number of nitrogens with zero attached hydrogens (tertiary/aromatic N) is 1. The maximum Gasteiger partial charge on any atom is 0.129 e. The van der Waals surface area contributed by atoms with Gasteiger partial charge in [-0.2, -0.15) is 0 Å². The summed E-state index contributed by atoms with van der Waals surface area (Å²) in [5.41, 5.74) is 0.982. The third kappa shape index (κ3) is 2.72. The normalized spacial score (nSPS) is 12.5. The lowest BCUT2D eigenvalue weighted by atomic mass is 10.2. The smallest absolute Gasteiger partial charge is 0.129 e. The molecule has 0 saturated carbocycles. The standard InChI is InChI=1S/C11H17NO2/c1-2-12(11(14)8-9-13)10-6-4-3-5-7-10/h3-7,11,13-14H,2,8-9H2,1H3/t11-/m1/s1. The van der Waals surface area contributed by atoms with Crippen molar-refractivity contribution in [1.29, 1.82) is 0 Å². The molecule has 0 aromatic heterocycles. The zero-order chi connectivity index (χ0) is 10.4. The minimum atomic E-state index is -0.604. The van der Waals surface area contributed by atoms with Gasteiger partial charge in [-0.05, 0) is 19.1 Å². The molecule has 1 atom stereocenters. The van der Waals surface area contributed by atoms with Crippen LogP contribution in [0.5, 0.6) is 0 Å². The Morgan fingerprint density at radius 1 is 1.29 bits per heavy atom. The molecule has 0 heterocycles. The summed E-state index contributed by atoms with van der Waals surface area (Å²) in [5.74, 6) is 0. The molecule has 78 valence electrons. The molecule has 0 unspecified atom stereocenters. The molecule has 0 fully saturated rings. The summed E-state index contributed by atoms with van der Waals surface area (Å²) in [7, 11) is 0. The van der Waals surface area contributed by atoms with Gasteiger partial charge in [-0.3, -0.25) is 0 Å². The van der Waals surface area contributed by atoms with Gasteiger partial charge in [-0.1, -0.05) is 18.2 Å². The highest BCUT2D eigenvalue weighted by atomic mass is 16.3. The van der Waals surface area contributed by atoms with Gasteiger partial charge in [-0.25, -0.2) is 0 Å². The van der Waals surface area contributed by atoms with Crippen molar-refractivity contribution in [1.82, 2.24) is 0 Å². The molecule has 0 aliphatic carbocycles. The summed E-state index contributed by atoms with van der Waals surface area (Å²) in [5, 5.41) is 18.5. The molecule has 0 bridgehead atoms. The van der Waals surface area contributed by atoms with Crippen LogP contribution in [-0.2, 0) is 0 Å². The molecule has 3 heteroatoms. The lowest BCUT2D eigenvalue weighted by Gasteiger charge is -2.28. The highest BCUT2D eigenvalue weighted by molar-refractivity contribution is 5.46. The minimum Gasteiger partial charge on any atom is -0.396 e. The molecule has 3 nitrogen and oxygen atoms in total. The first-order valence-electron chi connectivity index (χ1n) is 4.90. The summed E-state index contributed by atoms with van der Waals surface area (Å²) in [6.45, 7) is 2.71. The Bertz CT molecular complexity index is 251. The van der Waals surface area contributed by atoms with Crippen LogP contribution in [0.2, 0.25) is 0 Å². The molecule has 0 aliphatic rings. The van der Waals surface area contributed by atoms with Crippen LogP contribution >= 0.6 is 0 Å². The average molecular weight is 195 g/mol. The zero-order valence-corrected chi connectivity index (χ0v) is 8.43. The second-order valence-electron chi connectivity index (χ2n) is 3.11. The van der Waals surface area contributed by atoms with E-state index in [-0.39, 0.29) is 6.61 Å². The summed E-state index contributed by atoms with van der Waals surface area (Å²) in [4.78, 5) is 1.86. The van der Waals surface area contributed by atoms with Crippen molar-refractivity contribution in [3.63, 3.8) is 0 Å². The fourth-order valence-electron chi connectivity index (χ4n) is 1.46. The maximum atomic E-state index is 9.73. The van der Waals surface area contributed by atoms with E-state index in [9.17, 15) is 5.11 Å². The van der Waals surface area contributed by atoms with Crippen molar-refractivity contribution >= 4 is 5.69 Å². The second kappa shape index (κ2) is 5.62. The molecule has 0 radical (unpaired) electrons. The molecule has 0 amide bonds. The third-order valence-corrected chi connectivity index (χ3v) is 2.18. The summed E-state index contributed by atoms with van der Waals surface area (Å²) < 4.78 is 0. The molecular weight excluding hydrogens is 178 g/mol. The van der Waals surface area contributed by atoms with Crippen LogP contribution in [-0.4, -0.2) is 29.6 Å². The van der Waals surface area contributed by atoms with E-state index in [0.29, 0.717) is 6.42 Å². The Morgan fingerprint density at radius 2 is 1.93 bits per heavy atom. The van der Waals surface area contributed by atoms with Crippen LogP contribution in [0, 0.1) is 0 Å². The average Bonchev–Trinajstić information content (AvgIpc) is 2.21. The van der Waals surface area contributed by atoms with Crippen molar-refractivity contribution < 1.29 is 10.2 Å². The highest BCUT2D eigenvalue weighted by Gasteiger charge is 2.12. The van der Waals surface area contributed by atoms with Crippen molar-refractivity contribution in [3.8, 4) is 0 Å². The van der Waals surface area contributed by atoms with Crippen LogP contribution in [0.3, 0.4) is 0 Å². The third-order valence-electron chi connectivity index (χ3n) is 2.18. The number of rotatable bonds is 5. The second-order valence-corrected chi connectivity index (χ2v) is 3.11. The van der Waals surface area contributed by atoms with E-state index in [1.54, 1.807) is 0 Å². The number of anilines is 1. The first-order chi connectivity index (χ1) is 6.79. The zero-order valence-electron chi connectivity index (χ0n) is 8.43. The SMILES string of the molecule is CCN(c1ccccc1)[C@H](O)CCO. The molecule has 14 heavy (non-hydrogen) atoms. The number of hydrogen-bond donors (Lipinski definition) is 2. The molecule has 1 aromatic rings. The highest BCUT2D eigenvalue weighted by Crippen LogP contribution is 2.16. The Kier molecular flexibility index (Phi) is 4.43. The first-order valence-corrected chi connectivity index (χ1v) is 4.90. The fourth-order valence-corrected chi connectivity index (χ4v) is 1.46. The predicted octanol–water partition coefficient (Wildman–Crippen LogP) is 1.21. The van der Waals surface area contributed by atoms with Gasteiger partial charge in [0.25, 0.3) is 0 Å². The van der Waals surface area contributed by atoms with Gasteiger partial charge in [0.2, 0.25) is 0 Å². The van der Waals surface area contributed by atoms with E-state index < -0.39 is 6.23 Å². The van der Waals surface area contributed by atoms with E-state index in [1.165, 1.54) is 0 Å². The van der Waals surface area contributed by atoms with Gasteiger partial charge in [0.1, 0.15) is 6.23 Å². The molecule has 0 spiro atoms. The van der Waals surface area contributed by atoms with E-state index in [0.717, 1.165) is 12.2 Å². The van der Waals surface area contributed by atoms with E-state index in [1.807, 2.05) is 42.2 Å². The van der Waals surface area contributed by atoms with Crippen molar-refractivity contribution in [2.45, 2.75) is 19.6 Å². The molecule has 2 N–H and O–H groups in total. The number of benzene rings is 1. The Balaban J connectivity index is 2.71. The maximum absolute atomic E-state index is 9.73. The van der Waals surface area contributed by atoms with Crippen LogP contribution in [0.15, 0.2) is 30.3 Å². The Morgan fingerprint density at radius 3 is 2.43 bits per heavy atom. The van der Waals surface area contributed by atoms with Gasteiger partial charge in [0.05, 0.1) is 0 Å². The van der Waals surface area contributed by atoms with Crippen molar-refractivity contribution in [3.05, 3.63) is 30.3 Å². The predicted molar refractivity (Wildman–Crippen MR) is 57.2 cm³/mol. The molecular formula is C11H17NO2. The van der Waals surface area contributed by atoms with Crippen molar-refractivity contribution in [2.24, 2.45) is 0 Å². The van der Waals surface area contributed by atoms with Crippen LogP contribution in [0.1, 0.15) is 13.3 Å². The van der Waals surface area contributed by atoms with Gasteiger partial charge >= 0.3 is 0 Å². The lowest BCUT2D eigenvalue weighted by Crippen LogP contribution is -2.35. The van der Waals surface area contributed by atoms with Crippen LogP contribution in [0.25, 0.3) is 0 Å². The number of aliphatic hydroxyl groups is 2. The topological polar surface area (TPSA) is 43.7 Å². The van der Waals surface area contributed by atoms with Crippen molar-refractivity contribution in [2.75, 3.05) is 18.1 Å². The van der Waals surface area contributed by atoms with E-state index >= 15 is 0 Å². The van der Waals surface area contributed by atoms with Gasteiger partial charge < -0.3 is 15.1 Å². The molecule has 0 aliphatic heterocycles. The number of hydrogen-bond acceptors (Lipinski definition) is 3. The van der Waals surface area contributed by atoms with Gasteiger partial charge in [-0.15, -0.1) is 0 Å². The molecule has 1 aromatic carbocycles. The summed E-state index contributed by atoms with van der Waals surface area (Å²) >= 11 is 0. The monoisotopic (exact) mass is 195 g/mol. The number of para-hydroxylation sites is 1. The van der Waals surface area contributed by atoms with E-state index in [4.69, 9.17) is 5.11 Å². The largest absolute Gasteiger partial charge is 0.396 e. The lowest BCUT2D eigenvalue weighted by molar-refractivity contribution is 0.129. The van der Waals surface area contributed by atoms with Crippen LogP contribution < -0.4 is 4.90 Å². The van der Waals surface area contributed by atoms with Gasteiger partial charge in [0, 0.05) is 25.3 Å². The Hall–Kier alpha value is -1.06. The molecule has 1 rings (SSSR count). The minimum absolute atomic E-state index is 0.00446.